The lowest BCUT2D eigenvalue weighted by molar-refractivity contribution is 0.392. The Morgan fingerprint density at radius 1 is 0.541 bits per heavy atom. The van der Waals surface area contributed by atoms with Crippen LogP contribution >= 0.6 is 7.60 Å². The average molecular weight is 503 g/mol. The Hall–Kier alpha value is -3.91. The van der Waals surface area contributed by atoms with Gasteiger partial charge in [0.15, 0.2) is 0 Å². The quantitative estimate of drug-likeness (QED) is 0.247. The van der Waals surface area contributed by atoms with Crippen molar-refractivity contribution < 1.29 is 14.0 Å². The summed E-state index contributed by atoms with van der Waals surface area (Å²) >= 11 is 0. The van der Waals surface area contributed by atoms with Gasteiger partial charge in [-0.2, -0.15) is 0 Å². The molecule has 0 aliphatic carbocycles. The van der Waals surface area contributed by atoms with Gasteiger partial charge in [0.2, 0.25) is 0 Å². The maximum absolute atomic E-state index is 13.7. The first-order valence-electron chi connectivity index (χ1n) is 12.5. The van der Waals surface area contributed by atoms with E-state index in [-0.39, 0.29) is 0 Å². The summed E-state index contributed by atoms with van der Waals surface area (Å²) in [6, 6.07) is 40.7. The van der Waals surface area contributed by atoms with Gasteiger partial charge >= 0.3 is 7.60 Å². The molecule has 1 aliphatic rings. The van der Waals surface area contributed by atoms with E-state index in [0.717, 1.165) is 46.2 Å². The maximum atomic E-state index is 13.7. The molecule has 5 aromatic carbocycles. The van der Waals surface area contributed by atoms with Gasteiger partial charge in [-0.15, -0.1) is 0 Å². The van der Waals surface area contributed by atoms with E-state index >= 15 is 0 Å². The van der Waals surface area contributed by atoms with Crippen molar-refractivity contribution in [2.45, 2.75) is 19.3 Å². The van der Waals surface area contributed by atoms with Crippen LogP contribution in [0, 0.1) is 0 Å². The molecule has 0 radical (unpaired) electrons. The Morgan fingerprint density at radius 2 is 1.08 bits per heavy atom. The summed E-state index contributed by atoms with van der Waals surface area (Å²) in [6.45, 7) is 0. The van der Waals surface area contributed by atoms with Crippen LogP contribution in [0.4, 0.5) is 0 Å². The van der Waals surface area contributed by atoms with E-state index < -0.39 is 7.60 Å². The summed E-state index contributed by atoms with van der Waals surface area (Å²) in [5, 5.41) is 0.413. The van der Waals surface area contributed by atoms with Gasteiger partial charge in [0, 0.05) is 11.1 Å². The van der Waals surface area contributed by atoms with Crippen molar-refractivity contribution in [1.29, 1.82) is 0 Å². The average Bonchev–Trinajstić information content (AvgIpc) is 2.90. The van der Waals surface area contributed by atoms with E-state index in [1.54, 1.807) is 0 Å². The lowest BCUT2D eigenvalue weighted by atomic mass is 9.92. The van der Waals surface area contributed by atoms with Crippen LogP contribution in [-0.2, 0) is 23.8 Å². The molecule has 0 saturated carbocycles. The predicted octanol–water partition coefficient (Wildman–Crippen LogP) is 7.33. The molecular formula is C33H27O3P. The first kappa shape index (κ1) is 23.5. The minimum Gasteiger partial charge on any atom is -0.421 e. The van der Waals surface area contributed by atoms with Crippen LogP contribution in [0.15, 0.2) is 121 Å². The van der Waals surface area contributed by atoms with Gasteiger partial charge in [0.25, 0.3) is 0 Å². The first-order chi connectivity index (χ1) is 18.0. The van der Waals surface area contributed by atoms with Crippen LogP contribution in [0.3, 0.4) is 0 Å². The molecule has 4 heteroatoms. The van der Waals surface area contributed by atoms with E-state index in [0.29, 0.717) is 17.5 Å². The molecule has 0 saturated heterocycles. The molecule has 0 bridgehead atoms. The van der Waals surface area contributed by atoms with Crippen molar-refractivity contribution in [3.05, 3.63) is 155 Å². The predicted molar refractivity (Wildman–Crippen MR) is 150 cm³/mol. The van der Waals surface area contributed by atoms with Crippen LogP contribution in [0.2, 0.25) is 0 Å². The number of benzene rings is 5. The summed E-state index contributed by atoms with van der Waals surface area (Å²) in [5.41, 5.74) is 8.10. The number of rotatable bonds is 6. The molecule has 3 nitrogen and oxygen atoms in total. The lowest BCUT2D eigenvalue weighted by Crippen LogP contribution is -2.22. The highest BCUT2D eigenvalue weighted by Gasteiger charge is 2.37. The zero-order valence-electron chi connectivity index (χ0n) is 20.4. The fourth-order valence-corrected chi connectivity index (χ4v) is 6.67. The van der Waals surface area contributed by atoms with Crippen molar-refractivity contribution >= 4 is 12.9 Å². The highest BCUT2D eigenvalue weighted by Crippen LogP contribution is 2.53. The molecule has 6 rings (SSSR count). The minimum absolute atomic E-state index is 0.413. The molecule has 5 aromatic rings. The van der Waals surface area contributed by atoms with Crippen LogP contribution in [-0.4, -0.2) is 4.89 Å². The molecule has 1 unspecified atom stereocenters. The number of hydrogen-bond donors (Lipinski definition) is 1. The second-order valence-corrected chi connectivity index (χ2v) is 11.3. The van der Waals surface area contributed by atoms with E-state index in [9.17, 15) is 9.46 Å². The van der Waals surface area contributed by atoms with Gasteiger partial charge in [-0.05, 0) is 64.8 Å². The number of fused-ring (bicyclic) bond motifs is 3. The Labute approximate surface area is 217 Å². The van der Waals surface area contributed by atoms with Gasteiger partial charge in [-0.25, -0.2) is 4.57 Å². The summed E-state index contributed by atoms with van der Waals surface area (Å²) in [6.07, 6.45) is 2.03. The Bertz CT molecular complexity index is 1600. The van der Waals surface area contributed by atoms with Gasteiger partial charge in [-0.1, -0.05) is 109 Å². The Kier molecular flexibility index (Phi) is 6.26. The Morgan fingerprint density at radius 3 is 1.68 bits per heavy atom. The largest absolute Gasteiger partial charge is 0.421 e. The van der Waals surface area contributed by atoms with Crippen LogP contribution < -0.4 is 9.83 Å². The Balaban J connectivity index is 1.47. The van der Waals surface area contributed by atoms with Crippen LogP contribution in [0.25, 0.3) is 11.1 Å². The summed E-state index contributed by atoms with van der Waals surface area (Å²) in [5.74, 6) is 0.467. The van der Waals surface area contributed by atoms with Crippen molar-refractivity contribution in [2.24, 2.45) is 0 Å². The van der Waals surface area contributed by atoms with Crippen molar-refractivity contribution in [3.8, 4) is 16.9 Å². The highest BCUT2D eigenvalue weighted by atomic mass is 31.2. The first-order valence-corrected chi connectivity index (χ1v) is 14.1. The summed E-state index contributed by atoms with van der Waals surface area (Å²) in [7, 11) is -4.09. The smallest absolute Gasteiger partial charge is 0.409 e. The van der Waals surface area contributed by atoms with Crippen molar-refractivity contribution in [1.82, 2.24) is 0 Å². The minimum atomic E-state index is -4.09. The normalized spacial score (nSPS) is 15.9. The highest BCUT2D eigenvalue weighted by molar-refractivity contribution is 7.62. The zero-order valence-corrected chi connectivity index (χ0v) is 21.3. The molecule has 1 atom stereocenters. The SMILES string of the molecule is O=P1(O)Oc2cc(Cc3ccccc3)ccc2-c2cc(Cc3ccccc3)cc(Cc3ccccc3)c21. The molecular weight excluding hydrogens is 475 g/mol. The van der Waals surface area contributed by atoms with Gasteiger partial charge in [0.05, 0.1) is 5.30 Å². The molecule has 0 aromatic heterocycles. The van der Waals surface area contributed by atoms with E-state index in [1.807, 2.05) is 78.9 Å². The second-order valence-electron chi connectivity index (χ2n) is 9.58. The lowest BCUT2D eigenvalue weighted by Gasteiger charge is -2.28. The van der Waals surface area contributed by atoms with Gasteiger partial charge in [0.1, 0.15) is 5.75 Å². The molecule has 0 spiro atoms. The van der Waals surface area contributed by atoms with Crippen LogP contribution in [0.5, 0.6) is 5.75 Å². The molecule has 1 N–H and O–H groups in total. The van der Waals surface area contributed by atoms with Crippen molar-refractivity contribution in [2.75, 3.05) is 0 Å². The third-order valence-corrected chi connectivity index (χ3v) is 8.37. The molecule has 1 aliphatic heterocycles. The summed E-state index contributed by atoms with van der Waals surface area (Å²) in [4.78, 5) is 11.2. The summed E-state index contributed by atoms with van der Waals surface area (Å²) < 4.78 is 19.6. The zero-order chi connectivity index (χ0) is 25.2. The van der Waals surface area contributed by atoms with Gasteiger partial charge < -0.3 is 9.42 Å². The monoisotopic (exact) mass is 502 g/mol. The third kappa shape index (κ3) is 5.02. The molecule has 0 amide bonds. The molecule has 182 valence electrons. The fraction of sp³-hybridized carbons (Fsp3) is 0.0909. The topological polar surface area (TPSA) is 46.5 Å². The molecule has 1 heterocycles. The van der Waals surface area contributed by atoms with Crippen molar-refractivity contribution in [3.63, 3.8) is 0 Å². The molecule has 0 fully saturated rings. The van der Waals surface area contributed by atoms with E-state index in [2.05, 4.69) is 42.5 Å². The van der Waals surface area contributed by atoms with E-state index in [4.69, 9.17) is 4.52 Å². The standard InChI is InChI=1S/C33H27O3P/c34-37(35)33-29(20-26-14-8-3-9-15-26)21-28(19-25-12-6-2-7-13-25)22-31(33)30-17-16-27(23-32(30)36-37)18-24-10-4-1-5-11-24/h1-17,21-23H,18-20H2,(H,34,35). The van der Waals surface area contributed by atoms with Gasteiger partial charge in [-0.3, -0.25) is 0 Å². The van der Waals surface area contributed by atoms with Crippen LogP contribution in [0.1, 0.15) is 33.4 Å². The maximum Gasteiger partial charge on any atom is 0.409 e. The molecule has 37 heavy (non-hydrogen) atoms. The second kappa shape index (κ2) is 9.86. The fourth-order valence-electron chi connectivity index (χ4n) is 5.17. The number of hydrogen-bond acceptors (Lipinski definition) is 2. The van der Waals surface area contributed by atoms with E-state index in [1.165, 1.54) is 11.1 Å². The third-order valence-electron chi connectivity index (χ3n) is 6.83.